The minimum Gasteiger partial charge on any atom is -0.537 e. The first-order valence-electron chi connectivity index (χ1n) is 1.63. The van der Waals surface area contributed by atoms with Gasteiger partial charge in [-0.2, -0.15) is 8.78 Å². The molecule has 0 rings (SSSR count). The van der Waals surface area contributed by atoms with Crippen LogP contribution in [0.4, 0.5) is 8.78 Å². The van der Waals surface area contributed by atoms with Gasteiger partial charge < -0.3 is 9.90 Å². The number of carboxylic acid groups (broad SMARTS) is 1. The Morgan fingerprint density at radius 1 is 1.56 bits per heavy atom. The Morgan fingerprint density at radius 3 is 2.11 bits per heavy atom. The number of hydrogen-bond donors (Lipinski definition) is 0. The molecule has 0 fully saturated rings. The summed E-state index contributed by atoms with van der Waals surface area (Å²) in [6.07, 6.45) is -2.90. The van der Waals surface area contributed by atoms with E-state index < -0.39 is 12.4 Å². The van der Waals surface area contributed by atoms with E-state index in [-0.39, 0.29) is 29.6 Å². The van der Waals surface area contributed by atoms with Crippen LogP contribution in [0.1, 0.15) is 0 Å². The summed E-state index contributed by atoms with van der Waals surface area (Å²) in [4.78, 5) is 9.29. The molecule has 9 heavy (non-hydrogen) atoms. The monoisotopic (exact) mass is 142 g/mol. The Labute approximate surface area is 72.5 Å². The predicted molar refractivity (Wildman–Crippen MR) is 18.8 cm³/mol. The molecule has 0 radical (unpaired) electrons. The van der Waals surface area contributed by atoms with Gasteiger partial charge in [-0.25, -0.2) is 0 Å². The maximum Gasteiger partial charge on any atom is 1.00 e. The number of halogens is 2. The molecule has 0 aromatic heterocycles. The number of hydrogen-bond acceptors (Lipinski definition) is 2. The van der Waals surface area contributed by atoms with Crippen molar-refractivity contribution < 1.29 is 48.2 Å². The van der Waals surface area contributed by atoms with Crippen LogP contribution in [-0.4, -0.2) is 12.4 Å². The molecule has 0 aromatic rings. The van der Waals surface area contributed by atoms with Gasteiger partial charge in [-0.1, -0.05) is 0 Å². The molecule has 2 nitrogen and oxygen atoms in total. The maximum atomic E-state index is 10.9. The summed E-state index contributed by atoms with van der Waals surface area (Å²) in [6.45, 7) is 0. The third-order valence-corrected chi connectivity index (χ3v) is 0.283. The van der Waals surface area contributed by atoms with Gasteiger partial charge in [0, 0.05) is 0 Å². The van der Waals surface area contributed by atoms with Crippen LogP contribution in [-0.2, 0) is 4.79 Å². The first-order chi connectivity index (χ1) is 3.63. The summed E-state index contributed by atoms with van der Waals surface area (Å²) in [5, 5.41) is 9.29. The van der Waals surface area contributed by atoms with Gasteiger partial charge in [0.1, 0.15) is 5.97 Å². The normalized spacial score (nSPS) is 7.00. The molecule has 0 unspecified atom stereocenters. The molecule has 5 heteroatoms. The number of alkyl halides is 2. The molecule has 0 aromatic carbocycles. The van der Waals surface area contributed by atoms with Gasteiger partial charge in [0.25, 0.3) is 6.43 Å². The van der Waals surface area contributed by atoms with Crippen LogP contribution in [0.3, 0.4) is 0 Å². The van der Waals surface area contributed by atoms with Crippen LogP contribution in [0.5, 0.6) is 0 Å². The van der Waals surface area contributed by atoms with E-state index in [2.05, 4.69) is 0 Å². The largest absolute Gasteiger partial charge is 1.00 e. The number of carbonyl (C=O) groups excluding carboxylic acids is 1. The van der Waals surface area contributed by atoms with Crippen LogP contribution in [0.25, 0.3) is 0 Å². The molecule has 0 amide bonds. The first kappa shape index (κ1) is 11.7. The summed E-state index contributed by atoms with van der Waals surface area (Å²) < 4.78 is 21.9. The summed E-state index contributed by atoms with van der Waals surface area (Å²) in [5.41, 5.74) is 0. The Balaban J connectivity index is 0. The molecule has 44 valence electrons. The van der Waals surface area contributed by atoms with Crippen molar-refractivity contribution in [2.45, 2.75) is 6.43 Å². The molecular formula is C4HF2NaO2. The molecule has 0 heterocycles. The zero-order chi connectivity index (χ0) is 6.57. The summed E-state index contributed by atoms with van der Waals surface area (Å²) in [5.74, 6) is 0.463. The second kappa shape index (κ2) is 6.02. The van der Waals surface area contributed by atoms with Crippen LogP contribution in [0.15, 0.2) is 0 Å². The fraction of sp³-hybridized carbons (Fsp3) is 0.250. The standard InChI is InChI=1S/C4H2F2O2.Na/c5-3(6)1-2-4(7)8;/h3H,(H,7,8);/q;+1/p-1. The smallest absolute Gasteiger partial charge is 0.537 e. The van der Waals surface area contributed by atoms with Crippen LogP contribution < -0.4 is 34.7 Å². The fourth-order valence-corrected chi connectivity index (χ4v) is 0.113. The van der Waals surface area contributed by atoms with E-state index in [1.807, 2.05) is 0 Å². The Morgan fingerprint density at radius 2 is 2.00 bits per heavy atom. The van der Waals surface area contributed by atoms with E-state index in [1.54, 1.807) is 0 Å². The average Bonchev–Trinajstić information content (AvgIpc) is 1.61. The molecule has 0 aliphatic carbocycles. The molecule has 0 saturated heterocycles. The number of carboxylic acids is 1. The van der Waals surface area contributed by atoms with Gasteiger partial charge in [0.05, 0.1) is 0 Å². The zero-order valence-electron chi connectivity index (χ0n) is 4.65. The number of rotatable bonds is 0. The molecule has 0 aliphatic rings. The third-order valence-electron chi connectivity index (χ3n) is 0.283. The quantitative estimate of drug-likeness (QED) is 0.255. The Hall–Kier alpha value is -0.110. The zero-order valence-corrected chi connectivity index (χ0v) is 6.65. The van der Waals surface area contributed by atoms with Gasteiger partial charge in [-0.05, 0) is 11.8 Å². The minimum atomic E-state index is -2.90. The van der Waals surface area contributed by atoms with Crippen molar-refractivity contribution in [1.82, 2.24) is 0 Å². The first-order valence-corrected chi connectivity index (χ1v) is 1.63. The summed E-state index contributed by atoms with van der Waals surface area (Å²) in [7, 11) is 0. The molecule has 0 saturated carbocycles. The van der Waals surface area contributed by atoms with Gasteiger partial charge in [-0.3, -0.25) is 0 Å². The van der Waals surface area contributed by atoms with E-state index in [9.17, 15) is 18.7 Å². The second-order valence-electron chi connectivity index (χ2n) is 0.857. The molecule has 0 aliphatic heterocycles. The van der Waals surface area contributed by atoms with E-state index in [0.29, 0.717) is 0 Å². The van der Waals surface area contributed by atoms with Crippen LogP contribution in [0, 0.1) is 11.8 Å². The van der Waals surface area contributed by atoms with Crippen molar-refractivity contribution in [3.05, 3.63) is 0 Å². The van der Waals surface area contributed by atoms with E-state index in [0.717, 1.165) is 11.8 Å². The van der Waals surface area contributed by atoms with Crippen molar-refractivity contribution in [2.24, 2.45) is 0 Å². The topological polar surface area (TPSA) is 40.1 Å². The van der Waals surface area contributed by atoms with Crippen molar-refractivity contribution in [1.29, 1.82) is 0 Å². The van der Waals surface area contributed by atoms with Crippen molar-refractivity contribution in [3.8, 4) is 11.8 Å². The van der Waals surface area contributed by atoms with Gasteiger partial charge in [0.2, 0.25) is 0 Å². The molecule has 0 atom stereocenters. The second-order valence-corrected chi connectivity index (χ2v) is 0.857. The number of aliphatic carboxylic acids is 1. The molecular weight excluding hydrogens is 141 g/mol. The Kier molecular flexibility index (Phi) is 7.79. The van der Waals surface area contributed by atoms with E-state index in [1.165, 1.54) is 0 Å². The Bertz CT molecular complexity index is 146. The van der Waals surface area contributed by atoms with Crippen molar-refractivity contribution in [2.75, 3.05) is 0 Å². The summed E-state index contributed by atoms with van der Waals surface area (Å²) in [6, 6.07) is 0. The van der Waals surface area contributed by atoms with Crippen LogP contribution >= 0.6 is 0 Å². The SMILES string of the molecule is O=C([O-])C#CC(F)F.[Na+]. The van der Waals surface area contributed by atoms with Gasteiger partial charge in [-0.15, -0.1) is 0 Å². The van der Waals surface area contributed by atoms with Crippen molar-refractivity contribution >= 4 is 5.97 Å². The van der Waals surface area contributed by atoms with Gasteiger partial charge in [0.15, 0.2) is 0 Å². The molecule has 0 N–H and O–H groups in total. The summed E-state index contributed by atoms with van der Waals surface area (Å²) >= 11 is 0. The number of carbonyl (C=O) groups is 1. The van der Waals surface area contributed by atoms with Crippen LogP contribution in [0.2, 0.25) is 0 Å². The third kappa shape index (κ3) is 11.4. The maximum absolute atomic E-state index is 10.9. The van der Waals surface area contributed by atoms with E-state index >= 15 is 0 Å². The average molecular weight is 142 g/mol. The minimum absolute atomic E-state index is 0. The van der Waals surface area contributed by atoms with Crippen molar-refractivity contribution in [3.63, 3.8) is 0 Å². The molecule has 0 bridgehead atoms. The van der Waals surface area contributed by atoms with E-state index in [4.69, 9.17) is 0 Å². The fourth-order valence-electron chi connectivity index (χ4n) is 0.113. The van der Waals surface area contributed by atoms with Gasteiger partial charge >= 0.3 is 29.6 Å². The predicted octanol–water partition coefficient (Wildman–Crippen LogP) is -3.99. The molecule has 0 spiro atoms.